The van der Waals surface area contributed by atoms with E-state index in [1.807, 2.05) is 13.8 Å². The summed E-state index contributed by atoms with van der Waals surface area (Å²) in [6.07, 6.45) is 2.28. The molecule has 5 nitrogen and oxygen atoms in total. The summed E-state index contributed by atoms with van der Waals surface area (Å²) in [6, 6.07) is 5.39. The van der Waals surface area contributed by atoms with Crippen LogP contribution in [0.5, 0.6) is 0 Å². The highest BCUT2D eigenvalue weighted by atomic mass is 32.2. The Morgan fingerprint density at radius 3 is 2.64 bits per heavy atom. The molecular formula is C15H18FN3O2S. The van der Waals surface area contributed by atoms with Crippen LogP contribution >= 0.6 is 0 Å². The average molecular weight is 323 g/mol. The van der Waals surface area contributed by atoms with Gasteiger partial charge in [0.2, 0.25) is 0 Å². The standard InChI is InChI=1S/C15H18FN3O2S/c1-10-8-13(16)4-5-14(10)22(20,21)19-12(3)9-11(2)18-15(19)6-7-17-18/h4-8,11-12H,9H2,1-3H3/t11-,12-/m0/s1. The van der Waals surface area contributed by atoms with Crippen LogP contribution in [0.1, 0.15) is 31.9 Å². The number of aromatic nitrogens is 2. The molecule has 2 atom stereocenters. The van der Waals surface area contributed by atoms with E-state index in [2.05, 4.69) is 5.10 Å². The highest BCUT2D eigenvalue weighted by Crippen LogP contribution is 2.36. The molecule has 0 saturated carbocycles. The molecule has 7 heteroatoms. The number of benzene rings is 1. The van der Waals surface area contributed by atoms with Gasteiger partial charge in [-0.15, -0.1) is 0 Å². The molecule has 0 spiro atoms. The van der Waals surface area contributed by atoms with Crippen LogP contribution in [0.2, 0.25) is 0 Å². The first-order chi connectivity index (χ1) is 10.3. The number of fused-ring (bicyclic) bond motifs is 1. The molecule has 3 rings (SSSR count). The van der Waals surface area contributed by atoms with Crippen molar-refractivity contribution in [1.82, 2.24) is 9.78 Å². The lowest BCUT2D eigenvalue weighted by atomic mass is 10.1. The van der Waals surface area contributed by atoms with Gasteiger partial charge < -0.3 is 0 Å². The summed E-state index contributed by atoms with van der Waals surface area (Å²) >= 11 is 0. The monoisotopic (exact) mass is 323 g/mol. The number of hydrogen-bond acceptors (Lipinski definition) is 3. The molecule has 1 aromatic heterocycles. The first kappa shape index (κ1) is 15.0. The van der Waals surface area contributed by atoms with Gasteiger partial charge in [-0.2, -0.15) is 5.10 Å². The fraction of sp³-hybridized carbons (Fsp3) is 0.400. The first-order valence-corrected chi connectivity index (χ1v) is 8.60. The van der Waals surface area contributed by atoms with Crippen LogP contribution in [0.4, 0.5) is 10.2 Å². The first-order valence-electron chi connectivity index (χ1n) is 7.16. The zero-order chi connectivity index (χ0) is 16.1. The summed E-state index contributed by atoms with van der Waals surface area (Å²) in [6.45, 7) is 5.49. The summed E-state index contributed by atoms with van der Waals surface area (Å²) < 4.78 is 42.5. The lowest BCUT2D eigenvalue weighted by molar-refractivity contribution is 0.393. The van der Waals surface area contributed by atoms with Crippen molar-refractivity contribution in [3.8, 4) is 0 Å². The van der Waals surface area contributed by atoms with E-state index in [1.54, 1.807) is 23.9 Å². The van der Waals surface area contributed by atoms with Gasteiger partial charge in [0.25, 0.3) is 10.0 Å². The van der Waals surface area contributed by atoms with Crippen molar-refractivity contribution in [2.24, 2.45) is 0 Å². The number of rotatable bonds is 2. The molecule has 0 unspecified atom stereocenters. The summed E-state index contributed by atoms with van der Waals surface area (Å²) in [5, 5.41) is 4.22. The van der Waals surface area contributed by atoms with Gasteiger partial charge in [0.15, 0.2) is 0 Å². The second-order valence-electron chi connectivity index (χ2n) is 5.78. The predicted octanol–water partition coefficient (Wildman–Crippen LogP) is 2.88. The SMILES string of the molecule is Cc1cc(F)ccc1S(=O)(=O)N1c2ccnn2[C@@H](C)C[C@@H]1C. The lowest BCUT2D eigenvalue weighted by Gasteiger charge is -2.37. The van der Waals surface area contributed by atoms with Crippen molar-refractivity contribution in [2.75, 3.05) is 4.31 Å². The Morgan fingerprint density at radius 2 is 1.95 bits per heavy atom. The molecule has 0 N–H and O–H groups in total. The molecule has 0 saturated heterocycles. The summed E-state index contributed by atoms with van der Waals surface area (Å²) in [4.78, 5) is 0.128. The van der Waals surface area contributed by atoms with Crippen LogP contribution in [0.15, 0.2) is 35.4 Å². The van der Waals surface area contributed by atoms with Crippen LogP contribution in [0, 0.1) is 12.7 Å². The maximum absolute atomic E-state index is 13.3. The van der Waals surface area contributed by atoms with E-state index in [1.165, 1.54) is 22.5 Å². The van der Waals surface area contributed by atoms with Gasteiger partial charge in [-0.3, -0.25) is 0 Å². The third kappa shape index (κ3) is 2.20. The molecule has 2 aromatic rings. The van der Waals surface area contributed by atoms with Crippen LogP contribution < -0.4 is 4.31 Å². The summed E-state index contributed by atoms with van der Waals surface area (Å²) in [5.41, 5.74) is 0.400. The van der Waals surface area contributed by atoms with E-state index >= 15 is 0 Å². The Labute approximate surface area is 129 Å². The van der Waals surface area contributed by atoms with E-state index in [4.69, 9.17) is 0 Å². The third-order valence-corrected chi connectivity index (χ3v) is 6.13. The van der Waals surface area contributed by atoms with E-state index in [-0.39, 0.29) is 17.0 Å². The van der Waals surface area contributed by atoms with Crippen molar-refractivity contribution in [3.05, 3.63) is 41.8 Å². The minimum Gasteiger partial charge on any atom is -0.247 e. The molecule has 0 aliphatic carbocycles. The minimum atomic E-state index is -3.76. The van der Waals surface area contributed by atoms with Crippen molar-refractivity contribution in [3.63, 3.8) is 0 Å². The zero-order valence-electron chi connectivity index (χ0n) is 12.7. The van der Waals surface area contributed by atoms with Gasteiger partial charge in [0, 0.05) is 12.1 Å². The van der Waals surface area contributed by atoms with E-state index in [0.717, 1.165) is 0 Å². The van der Waals surface area contributed by atoms with Gasteiger partial charge in [-0.1, -0.05) is 0 Å². The average Bonchev–Trinajstić information content (AvgIpc) is 2.87. The summed E-state index contributed by atoms with van der Waals surface area (Å²) in [7, 11) is -3.76. The second-order valence-corrected chi connectivity index (χ2v) is 7.56. The number of nitrogens with zero attached hydrogens (tertiary/aromatic N) is 3. The third-order valence-electron chi connectivity index (χ3n) is 4.05. The number of hydrogen-bond donors (Lipinski definition) is 0. The highest BCUT2D eigenvalue weighted by molar-refractivity contribution is 7.93. The molecule has 118 valence electrons. The topological polar surface area (TPSA) is 55.2 Å². The predicted molar refractivity (Wildman–Crippen MR) is 81.8 cm³/mol. The Morgan fingerprint density at radius 1 is 1.23 bits per heavy atom. The highest BCUT2D eigenvalue weighted by Gasteiger charge is 2.37. The van der Waals surface area contributed by atoms with E-state index < -0.39 is 15.8 Å². The van der Waals surface area contributed by atoms with Crippen molar-refractivity contribution < 1.29 is 12.8 Å². The number of sulfonamides is 1. The number of aryl methyl sites for hydroxylation is 1. The molecule has 0 bridgehead atoms. The van der Waals surface area contributed by atoms with Crippen molar-refractivity contribution in [1.29, 1.82) is 0 Å². The molecule has 0 amide bonds. The normalized spacial score (nSPS) is 21.7. The van der Waals surface area contributed by atoms with Crippen molar-refractivity contribution >= 4 is 15.8 Å². The van der Waals surface area contributed by atoms with Gasteiger partial charge in [0.05, 0.1) is 17.1 Å². The molecule has 2 heterocycles. The molecule has 1 aromatic carbocycles. The van der Waals surface area contributed by atoms with Crippen LogP contribution in [0.3, 0.4) is 0 Å². The number of halogens is 1. The van der Waals surface area contributed by atoms with Gasteiger partial charge >= 0.3 is 0 Å². The largest absolute Gasteiger partial charge is 0.265 e. The van der Waals surface area contributed by atoms with Crippen LogP contribution in [0.25, 0.3) is 0 Å². The van der Waals surface area contributed by atoms with Gasteiger partial charge in [-0.05, 0) is 51.0 Å². The fourth-order valence-electron chi connectivity index (χ4n) is 3.10. The quantitative estimate of drug-likeness (QED) is 0.854. The van der Waals surface area contributed by atoms with E-state index in [0.29, 0.717) is 17.8 Å². The van der Waals surface area contributed by atoms with E-state index in [9.17, 15) is 12.8 Å². The fourth-order valence-corrected chi connectivity index (χ4v) is 4.97. The molecule has 1 aliphatic heterocycles. The maximum atomic E-state index is 13.3. The lowest BCUT2D eigenvalue weighted by Crippen LogP contribution is -2.45. The minimum absolute atomic E-state index is 0.128. The van der Waals surface area contributed by atoms with Crippen LogP contribution in [-0.4, -0.2) is 24.2 Å². The smallest absolute Gasteiger partial charge is 0.247 e. The maximum Gasteiger partial charge on any atom is 0.265 e. The Balaban J connectivity index is 2.15. The molecule has 0 radical (unpaired) electrons. The molecule has 0 fully saturated rings. The Hall–Kier alpha value is -1.89. The Bertz CT molecular complexity index is 816. The van der Waals surface area contributed by atoms with Crippen molar-refractivity contribution in [2.45, 2.75) is 44.2 Å². The molecule has 22 heavy (non-hydrogen) atoms. The molecule has 1 aliphatic rings. The zero-order valence-corrected chi connectivity index (χ0v) is 13.5. The van der Waals surface area contributed by atoms with Crippen LogP contribution in [-0.2, 0) is 10.0 Å². The van der Waals surface area contributed by atoms with Gasteiger partial charge in [-0.25, -0.2) is 21.8 Å². The second kappa shape index (κ2) is 5.08. The summed E-state index contributed by atoms with van der Waals surface area (Å²) in [5.74, 6) is 0.108. The number of anilines is 1. The Kier molecular flexibility index (Phi) is 3.47. The van der Waals surface area contributed by atoms with Gasteiger partial charge in [0.1, 0.15) is 11.6 Å². The molecular weight excluding hydrogens is 305 g/mol.